The SMILES string of the molecule is N=C(C=C(N)C(F)(F)F)c1cc(OCc2ccc(Cl)cc2)ccc1O. The zero-order valence-corrected chi connectivity index (χ0v) is 13.5. The molecule has 132 valence electrons. The van der Waals surface area contributed by atoms with E-state index in [4.69, 9.17) is 27.5 Å². The largest absolute Gasteiger partial charge is 0.507 e. The number of hydrogen-bond acceptors (Lipinski definition) is 4. The number of benzene rings is 2. The van der Waals surface area contributed by atoms with E-state index in [1.807, 2.05) is 0 Å². The molecule has 0 bridgehead atoms. The third-order valence-electron chi connectivity index (χ3n) is 3.20. The van der Waals surface area contributed by atoms with Gasteiger partial charge in [-0.1, -0.05) is 23.7 Å². The van der Waals surface area contributed by atoms with E-state index in [1.54, 1.807) is 24.3 Å². The third kappa shape index (κ3) is 5.15. The highest BCUT2D eigenvalue weighted by Crippen LogP contribution is 2.27. The molecular weight excluding hydrogens is 357 g/mol. The Balaban J connectivity index is 2.17. The van der Waals surface area contributed by atoms with Gasteiger partial charge in [-0.25, -0.2) is 0 Å². The van der Waals surface area contributed by atoms with Crippen molar-refractivity contribution in [2.45, 2.75) is 12.8 Å². The molecule has 2 aromatic rings. The molecule has 0 heterocycles. The van der Waals surface area contributed by atoms with Crippen molar-refractivity contribution >= 4 is 17.3 Å². The third-order valence-corrected chi connectivity index (χ3v) is 3.46. The summed E-state index contributed by atoms with van der Waals surface area (Å²) < 4.78 is 42.9. The molecule has 0 spiro atoms. The zero-order chi connectivity index (χ0) is 18.6. The fourth-order valence-corrected chi connectivity index (χ4v) is 2.01. The van der Waals surface area contributed by atoms with Gasteiger partial charge in [0.25, 0.3) is 0 Å². The van der Waals surface area contributed by atoms with E-state index in [0.29, 0.717) is 11.1 Å². The van der Waals surface area contributed by atoms with Crippen molar-refractivity contribution in [1.29, 1.82) is 5.41 Å². The Morgan fingerprint density at radius 2 is 1.84 bits per heavy atom. The highest BCUT2D eigenvalue weighted by atomic mass is 35.5. The summed E-state index contributed by atoms with van der Waals surface area (Å²) >= 11 is 5.79. The van der Waals surface area contributed by atoms with Crippen LogP contribution in [0.15, 0.2) is 54.2 Å². The Hall–Kier alpha value is -2.67. The molecule has 0 saturated carbocycles. The van der Waals surface area contributed by atoms with Gasteiger partial charge in [0.05, 0.1) is 5.71 Å². The van der Waals surface area contributed by atoms with Crippen LogP contribution in [0.4, 0.5) is 13.2 Å². The lowest BCUT2D eigenvalue weighted by atomic mass is 10.1. The molecule has 0 radical (unpaired) electrons. The van der Waals surface area contributed by atoms with E-state index >= 15 is 0 Å². The van der Waals surface area contributed by atoms with Crippen LogP contribution in [0.25, 0.3) is 0 Å². The second-order valence-corrected chi connectivity index (χ2v) is 5.54. The minimum atomic E-state index is -4.75. The predicted molar refractivity (Wildman–Crippen MR) is 89.0 cm³/mol. The smallest absolute Gasteiger partial charge is 0.430 e. The van der Waals surface area contributed by atoms with E-state index in [0.717, 1.165) is 5.56 Å². The first kappa shape index (κ1) is 18.7. The van der Waals surface area contributed by atoms with Gasteiger partial charge < -0.3 is 21.0 Å². The second-order valence-electron chi connectivity index (χ2n) is 5.11. The zero-order valence-electron chi connectivity index (χ0n) is 12.8. The molecule has 2 aromatic carbocycles. The van der Waals surface area contributed by atoms with Crippen LogP contribution in [0, 0.1) is 5.41 Å². The number of nitrogens with one attached hydrogen (secondary N) is 1. The Morgan fingerprint density at radius 1 is 1.20 bits per heavy atom. The van der Waals surface area contributed by atoms with Gasteiger partial charge in [0.1, 0.15) is 23.8 Å². The van der Waals surface area contributed by atoms with Crippen molar-refractivity contribution in [3.8, 4) is 11.5 Å². The lowest BCUT2D eigenvalue weighted by Gasteiger charge is -2.11. The van der Waals surface area contributed by atoms with Crippen molar-refractivity contribution in [2.24, 2.45) is 5.73 Å². The molecule has 0 aliphatic heterocycles. The quantitative estimate of drug-likeness (QED) is 0.682. The molecule has 4 nitrogen and oxygen atoms in total. The van der Waals surface area contributed by atoms with E-state index in [1.165, 1.54) is 18.2 Å². The van der Waals surface area contributed by atoms with Crippen molar-refractivity contribution in [1.82, 2.24) is 0 Å². The highest BCUT2D eigenvalue weighted by Gasteiger charge is 2.31. The highest BCUT2D eigenvalue weighted by molar-refractivity contribution is 6.30. The maximum absolute atomic E-state index is 12.5. The Kier molecular flexibility index (Phi) is 5.58. The number of aromatic hydroxyl groups is 1. The van der Waals surface area contributed by atoms with Gasteiger partial charge >= 0.3 is 6.18 Å². The van der Waals surface area contributed by atoms with Crippen molar-refractivity contribution in [3.05, 3.63) is 70.4 Å². The molecule has 0 saturated heterocycles. The summed E-state index contributed by atoms with van der Waals surface area (Å²) in [6, 6.07) is 10.9. The molecule has 0 aliphatic carbocycles. The number of phenolic OH excluding ortho intramolecular Hbond substituents is 1. The number of phenols is 1. The number of ether oxygens (including phenoxy) is 1. The van der Waals surface area contributed by atoms with Crippen LogP contribution in [0.2, 0.25) is 5.02 Å². The lowest BCUT2D eigenvalue weighted by Crippen LogP contribution is -2.20. The van der Waals surface area contributed by atoms with Crippen molar-refractivity contribution < 1.29 is 23.0 Å². The molecule has 0 atom stereocenters. The van der Waals surface area contributed by atoms with E-state index in [2.05, 4.69) is 0 Å². The summed E-state index contributed by atoms with van der Waals surface area (Å²) in [6.07, 6.45) is -4.30. The monoisotopic (exact) mass is 370 g/mol. The number of nitrogens with two attached hydrogens (primary N) is 1. The predicted octanol–water partition coefficient (Wildman–Crippen LogP) is 4.40. The van der Waals surface area contributed by atoms with E-state index in [-0.39, 0.29) is 23.7 Å². The summed E-state index contributed by atoms with van der Waals surface area (Å²) in [5.41, 5.74) is 3.59. The first-order chi connectivity index (χ1) is 11.7. The topological polar surface area (TPSA) is 79.3 Å². The Morgan fingerprint density at radius 3 is 2.44 bits per heavy atom. The molecule has 0 amide bonds. The standard InChI is InChI=1S/C17H14ClF3N2O2/c18-11-3-1-10(2-4-11)9-25-12-5-6-15(24)13(7-12)14(22)8-16(23)17(19,20)21/h1-8,22,24H,9,23H2. The first-order valence-electron chi connectivity index (χ1n) is 7.00. The van der Waals surface area contributed by atoms with Gasteiger partial charge in [0, 0.05) is 10.6 Å². The average molecular weight is 371 g/mol. The lowest BCUT2D eigenvalue weighted by molar-refractivity contribution is -0.0925. The minimum Gasteiger partial charge on any atom is -0.507 e. The van der Waals surface area contributed by atoms with Gasteiger partial charge in [-0.2, -0.15) is 13.2 Å². The summed E-state index contributed by atoms with van der Waals surface area (Å²) in [4.78, 5) is 0. The van der Waals surface area contributed by atoms with Crippen LogP contribution < -0.4 is 10.5 Å². The molecule has 0 aromatic heterocycles. The number of alkyl halides is 3. The van der Waals surface area contributed by atoms with E-state index < -0.39 is 17.6 Å². The second kappa shape index (κ2) is 7.48. The summed E-state index contributed by atoms with van der Waals surface area (Å²) in [6.45, 7) is 0.190. The van der Waals surface area contributed by atoms with Gasteiger partial charge in [0.2, 0.25) is 0 Å². The van der Waals surface area contributed by atoms with Crippen LogP contribution in [0.5, 0.6) is 11.5 Å². The molecule has 25 heavy (non-hydrogen) atoms. The van der Waals surface area contributed by atoms with Crippen LogP contribution in [0.1, 0.15) is 11.1 Å². The molecular formula is C17H14ClF3N2O2. The molecule has 0 unspecified atom stereocenters. The summed E-state index contributed by atoms with van der Waals surface area (Å²) in [7, 11) is 0. The minimum absolute atomic E-state index is 0.124. The Labute approximate surface area is 146 Å². The van der Waals surface area contributed by atoms with E-state index in [9.17, 15) is 18.3 Å². The van der Waals surface area contributed by atoms with Crippen LogP contribution in [-0.2, 0) is 6.61 Å². The summed E-state index contributed by atoms with van der Waals surface area (Å²) in [5, 5.41) is 18.1. The summed E-state index contributed by atoms with van der Waals surface area (Å²) in [5.74, 6) is -0.0680. The van der Waals surface area contributed by atoms with Crippen molar-refractivity contribution in [3.63, 3.8) is 0 Å². The van der Waals surface area contributed by atoms with Gasteiger partial charge in [-0.15, -0.1) is 0 Å². The molecule has 0 fully saturated rings. The molecule has 4 N–H and O–H groups in total. The fourth-order valence-electron chi connectivity index (χ4n) is 1.88. The van der Waals surface area contributed by atoms with Gasteiger partial charge in [-0.3, -0.25) is 0 Å². The van der Waals surface area contributed by atoms with Gasteiger partial charge in [-0.05, 0) is 42.0 Å². The molecule has 0 aliphatic rings. The van der Waals surface area contributed by atoms with Gasteiger partial charge in [0.15, 0.2) is 0 Å². The number of rotatable bonds is 5. The maximum atomic E-state index is 12.5. The molecule has 8 heteroatoms. The van der Waals surface area contributed by atoms with Crippen LogP contribution in [0.3, 0.4) is 0 Å². The normalized spacial score (nSPS) is 12.1. The fraction of sp³-hybridized carbons (Fsp3) is 0.118. The number of hydrogen-bond donors (Lipinski definition) is 3. The average Bonchev–Trinajstić information content (AvgIpc) is 2.54. The maximum Gasteiger partial charge on any atom is 0.430 e. The Bertz CT molecular complexity index is 803. The number of allylic oxidation sites excluding steroid dienone is 2. The number of halogens is 4. The van der Waals surface area contributed by atoms with Crippen LogP contribution >= 0.6 is 11.6 Å². The van der Waals surface area contributed by atoms with Crippen LogP contribution in [-0.4, -0.2) is 17.0 Å². The first-order valence-corrected chi connectivity index (χ1v) is 7.38. The van der Waals surface area contributed by atoms with Crippen molar-refractivity contribution in [2.75, 3.05) is 0 Å². The molecule has 2 rings (SSSR count).